The average Bonchev–Trinajstić information content (AvgIpc) is 3.07. The number of carbonyl (C=O) groups excluding carboxylic acids is 1. The van der Waals surface area contributed by atoms with E-state index >= 15 is 0 Å². The summed E-state index contributed by atoms with van der Waals surface area (Å²) in [6, 6.07) is 6.42. The van der Waals surface area contributed by atoms with E-state index in [0.29, 0.717) is 5.56 Å². The summed E-state index contributed by atoms with van der Waals surface area (Å²) in [5.41, 5.74) is 5.86. The monoisotopic (exact) mass is 348 g/mol. The number of nitrogens with two attached hydrogens (primary N) is 1. The molecule has 0 amide bonds. The van der Waals surface area contributed by atoms with Gasteiger partial charge in [-0.05, 0) is 17.1 Å². The van der Waals surface area contributed by atoms with Gasteiger partial charge in [-0.15, -0.1) is 0 Å². The number of aromatic nitrogens is 2. The lowest BCUT2D eigenvalue weighted by molar-refractivity contribution is -0.389. The van der Waals surface area contributed by atoms with Crippen molar-refractivity contribution in [1.82, 2.24) is 9.78 Å². The maximum Gasteiger partial charge on any atom is 0.389 e. The summed E-state index contributed by atoms with van der Waals surface area (Å²) in [6.45, 7) is 0.0691. The molecule has 2 N–H and O–H groups in total. The molecule has 0 atom stereocenters. The zero-order chi connectivity index (χ0) is 18.4. The van der Waals surface area contributed by atoms with Gasteiger partial charge < -0.3 is 20.7 Å². The van der Waals surface area contributed by atoms with Gasteiger partial charge in [-0.2, -0.15) is 4.68 Å². The number of amidine groups is 1. The van der Waals surface area contributed by atoms with Crippen molar-refractivity contribution in [3.8, 4) is 0 Å². The van der Waals surface area contributed by atoms with Crippen LogP contribution >= 0.6 is 0 Å². The van der Waals surface area contributed by atoms with Crippen LogP contribution in [-0.4, -0.2) is 31.4 Å². The molecule has 25 heavy (non-hydrogen) atoms. The zero-order valence-corrected chi connectivity index (χ0v) is 12.6. The van der Waals surface area contributed by atoms with E-state index < -0.39 is 15.8 Å². The number of nitro groups is 2. The number of benzene rings is 1. The molecule has 1 aromatic carbocycles. The second kappa shape index (κ2) is 7.63. The Morgan fingerprint density at radius 1 is 1.20 bits per heavy atom. The van der Waals surface area contributed by atoms with E-state index in [1.165, 1.54) is 41.2 Å². The fraction of sp³-hybridized carbons (Fsp3) is 0.154. The third-order valence-electron chi connectivity index (χ3n) is 2.98. The second-order valence-electron chi connectivity index (χ2n) is 4.69. The lowest BCUT2D eigenvalue weighted by Gasteiger charge is -2.01. The Labute approximate surface area is 139 Å². The van der Waals surface area contributed by atoms with Gasteiger partial charge in [0.2, 0.25) is 0 Å². The Bertz CT molecular complexity index is 828. The number of rotatable bonds is 7. The van der Waals surface area contributed by atoms with Crippen LogP contribution in [-0.2, 0) is 16.2 Å². The maximum absolute atomic E-state index is 11.6. The summed E-state index contributed by atoms with van der Waals surface area (Å²) in [5.74, 6) is -1.17. The van der Waals surface area contributed by atoms with E-state index in [1.807, 2.05) is 0 Å². The zero-order valence-electron chi connectivity index (χ0n) is 12.6. The quantitative estimate of drug-likeness (QED) is 0.253. The highest BCUT2D eigenvalue weighted by atomic mass is 16.7. The highest BCUT2D eigenvalue weighted by Gasteiger charge is 2.13. The standard InChI is InChI=1S/C13H12N6O6/c14-13(9-1-3-10(4-2-9)18(21)22)16-25-12(20)6-8-17-7-5-11(15-17)19(23)24/h1-5,7H,6,8H2,(H2,14,16). The topological polar surface area (TPSA) is 169 Å². The number of hydrogen-bond donors (Lipinski definition) is 1. The van der Waals surface area contributed by atoms with Crippen molar-refractivity contribution in [2.45, 2.75) is 13.0 Å². The second-order valence-corrected chi connectivity index (χ2v) is 4.69. The molecule has 0 saturated carbocycles. The van der Waals surface area contributed by atoms with Crippen LogP contribution in [0, 0.1) is 20.2 Å². The van der Waals surface area contributed by atoms with E-state index in [0.717, 1.165) is 0 Å². The molecule has 130 valence electrons. The third-order valence-corrected chi connectivity index (χ3v) is 2.98. The number of hydrogen-bond acceptors (Lipinski definition) is 8. The number of aryl methyl sites for hydroxylation is 1. The van der Waals surface area contributed by atoms with Crippen molar-refractivity contribution in [1.29, 1.82) is 0 Å². The average molecular weight is 348 g/mol. The van der Waals surface area contributed by atoms with Gasteiger partial charge in [0, 0.05) is 17.7 Å². The molecule has 0 fully saturated rings. The molecule has 0 aliphatic rings. The molecule has 12 nitrogen and oxygen atoms in total. The van der Waals surface area contributed by atoms with Crippen LogP contribution in [0.15, 0.2) is 41.7 Å². The van der Waals surface area contributed by atoms with Crippen molar-refractivity contribution < 1.29 is 19.5 Å². The molecule has 2 rings (SSSR count). The molecule has 0 unspecified atom stereocenters. The molecular weight excluding hydrogens is 336 g/mol. The fourth-order valence-corrected chi connectivity index (χ4v) is 1.73. The number of oxime groups is 1. The highest BCUT2D eigenvalue weighted by molar-refractivity contribution is 5.97. The predicted molar refractivity (Wildman–Crippen MR) is 83.4 cm³/mol. The van der Waals surface area contributed by atoms with E-state index in [-0.39, 0.29) is 30.3 Å². The van der Waals surface area contributed by atoms with Crippen LogP contribution in [0.5, 0.6) is 0 Å². The Balaban J connectivity index is 1.87. The Hall–Kier alpha value is -3.83. The van der Waals surface area contributed by atoms with Crippen molar-refractivity contribution >= 4 is 23.3 Å². The molecule has 0 radical (unpaired) electrons. The Kier molecular flexibility index (Phi) is 5.35. The Morgan fingerprint density at radius 2 is 1.88 bits per heavy atom. The predicted octanol–water partition coefficient (Wildman–Crippen LogP) is 0.953. The van der Waals surface area contributed by atoms with Gasteiger partial charge in [0.1, 0.15) is 0 Å². The lowest BCUT2D eigenvalue weighted by Crippen LogP contribution is -2.16. The fourth-order valence-electron chi connectivity index (χ4n) is 1.73. The third kappa shape index (κ3) is 4.82. The van der Waals surface area contributed by atoms with Gasteiger partial charge >= 0.3 is 11.8 Å². The number of carbonyl (C=O) groups is 1. The minimum Gasteiger partial charge on any atom is -0.380 e. The molecule has 1 aromatic heterocycles. The summed E-state index contributed by atoms with van der Waals surface area (Å²) in [7, 11) is 0. The van der Waals surface area contributed by atoms with Gasteiger partial charge in [-0.25, -0.2) is 4.79 Å². The van der Waals surface area contributed by atoms with Gasteiger partial charge in [-0.3, -0.25) is 10.1 Å². The van der Waals surface area contributed by atoms with Gasteiger partial charge in [0.05, 0.1) is 35.3 Å². The minimum atomic E-state index is -0.719. The van der Waals surface area contributed by atoms with Crippen molar-refractivity contribution in [2.24, 2.45) is 10.9 Å². The molecule has 12 heteroatoms. The SMILES string of the molecule is N/C(=N\OC(=O)CCn1ccc([N+](=O)[O-])n1)c1ccc([N+](=O)[O-])cc1. The summed E-state index contributed by atoms with van der Waals surface area (Å²) in [5, 5.41) is 28.1. The minimum absolute atomic E-state index is 0.0691. The van der Waals surface area contributed by atoms with Gasteiger partial charge in [0.25, 0.3) is 5.69 Å². The van der Waals surface area contributed by atoms with E-state index in [9.17, 15) is 25.0 Å². The molecule has 0 aliphatic heterocycles. The van der Waals surface area contributed by atoms with Crippen LogP contribution in [0.25, 0.3) is 0 Å². The number of nitro benzene ring substituents is 1. The number of nitrogens with zero attached hydrogens (tertiary/aromatic N) is 5. The molecule has 2 aromatic rings. The van der Waals surface area contributed by atoms with Crippen LogP contribution in [0.3, 0.4) is 0 Å². The Morgan fingerprint density at radius 3 is 2.44 bits per heavy atom. The summed E-state index contributed by atoms with van der Waals surface area (Å²) >= 11 is 0. The van der Waals surface area contributed by atoms with Crippen LogP contribution in [0.4, 0.5) is 11.5 Å². The smallest absolute Gasteiger partial charge is 0.380 e. The first-order valence-corrected chi connectivity index (χ1v) is 6.83. The first-order valence-electron chi connectivity index (χ1n) is 6.83. The van der Waals surface area contributed by atoms with Crippen molar-refractivity contribution in [3.05, 3.63) is 62.3 Å². The highest BCUT2D eigenvalue weighted by Crippen LogP contribution is 2.12. The molecule has 0 aliphatic carbocycles. The van der Waals surface area contributed by atoms with Crippen LogP contribution < -0.4 is 5.73 Å². The molecule has 0 spiro atoms. The summed E-state index contributed by atoms with van der Waals surface area (Å²) in [4.78, 5) is 36.1. The molecule has 0 saturated heterocycles. The molecular formula is C13H12N6O6. The lowest BCUT2D eigenvalue weighted by atomic mass is 10.2. The maximum atomic E-state index is 11.6. The first kappa shape index (κ1) is 17.5. The molecule has 0 bridgehead atoms. The summed E-state index contributed by atoms with van der Waals surface area (Å²) < 4.78 is 1.22. The van der Waals surface area contributed by atoms with Gasteiger partial charge in [0.15, 0.2) is 5.84 Å². The van der Waals surface area contributed by atoms with E-state index in [2.05, 4.69) is 15.1 Å². The normalized spacial score (nSPS) is 11.1. The van der Waals surface area contributed by atoms with Crippen molar-refractivity contribution in [3.63, 3.8) is 0 Å². The summed E-state index contributed by atoms with van der Waals surface area (Å²) in [6.07, 6.45) is 1.23. The molecule has 1 heterocycles. The van der Waals surface area contributed by atoms with Crippen molar-refractivity contribution in [2.75, 3.05) is 0 Å². The van der Waals surface area contributed by atoms with E-state index in [4.69, 9.17) is 5.73 Å². The largest absolute Gasteiger partial charge is 0.389 e. The number of non-ortho nitro benzene ring substituents is 1. The van der Waals surface area contributed by atoms with E-state index in [1.54, 1.807) is 0 Å². The van der Waals surface area contributed by atoms with Gasteiger partial charge in [-0.1, -0.05) is 5.16 Å². The van der Waals surface area contributed by atoms with Crippen LogP contribution in [0.2, 0.25) is 0 Å². The first-order chi connectivity index (χ1) is 11.9. The van der Waals surface area contributed by atoms with Crippen LogP contribution in [0.1, 0.15) is 12.0 Å².